The zero-order chi connectivity index (χ0) is 13.9. The van der Waals surface area contributed by atoms with Crippen LogP contribution in [0.25, 0.3) is 0 Å². The molecule has 3 N–H and O–H groups in total. The number of hydrogen-bond acceptors (Lipinski definition) is 4. The van der Waals surface area contributed by atoms with E-state index >= 15 is 0 Å². The molecule has 0 aromatic carbocycles. The van der Waals surface area contributed by atoms with E-state index < -0.39 is 0 Å². The van der Waals surface area contributed by atoms with Crippen molar-refractivity contribution in [3.8, 4) is 0 Å². The van der Waals surface area contributed by atoms with Crippen molar-refractivity contribution in [2.24, 2.45) is 11.7 Å². The number of carbonyl (C=O) groups is 1. The van der Waals surface area contributed by atoms with Crippen LogP contribution in [0.4, 0.5) is 0 Å². The van der Waals surface area contributed by atoms with Gasteiger partial charge in [-0.05, 0) is 26.7 Å². The minimum Gasteiger partial charge on any atom is -0.355 e. The highest BCUT2D eigenvalue weighted by molar-refractivity contribution is 7.09. The van der Waals surface area contributed by atoms with Crippen molar-refractivity contribution in [1.29, 1.82) is 0 Å². The molecule has 7 heteroatoms. The highest BCUT2D eigenvalue weighted by Crippen LogP contribution is 2.31. The lowest BCUT2D eigenvalue weighted by molar-refractivity contribution is -0.128. The number of rotatable bonds is 4. The highest BCUT2D eigenvalue weighted by atomic mass is 35.5. The molecule has 1 aromatic heterocycles. The van der Waals surface area contributed by atoms with Crippen LogP contribution in [0, 0.1) is 12.8 Å². The largest absolute Gasteiger partial charge is 0.355 e. The molecule has 1 amide bonds. The molecule has 1 heterocycles. The monoisotopic (exact) mass is 353 g/mol. The van der Waals surface area contributed by atoms with Crippen LogP contribution in [0.15, 0.2) is 5.38 Å². The predicted octanol–water partition coefficient (Wildman–Crippen LogP) is 2.86. The Morgan fingerprint density at radius 1 is 1.52 bits per heavy atom. The number of nitrogens with one attached hydrogen (secondary N) is 1. The van der Waals surface area contributed by atoms with Crippen molar-refractivity contribution in [2.75, 3.05) is 6.54 Å². The van der Waals surface area contributed by atoms with Gasteiger partial charge in [0.15, 0.2) is 0 Å². The average Bonchev–Trinajstić information content (AvgIpc) is 2.74. The number of amides is 1. The molecule has 0 radical (unpaired) electrons. The number of thiazole rings is 1. The molecular formula is C14H25Cl2N3OS. The van der Waals surface area contributed by atoms with E-state index in [0.29, 0.717) is 6.54 Å². The molecule has 2 unspecified atom stereocenters. The van der Waals surface area contributed by atoms with Gasteiger partial charge in [-0.3, -0.25) is 4.79 Å². The zero-order valence-corrected chi connectivity index (χ0v) is 15.0. The summed E-state index contributed by atoms with van der Waals surface area (Å²) in [6.45, 7) is 4.64. The Balaban J connectivity index is 0.00000200. The first kappa shape index (κ1) is 20.6. The van der Waals surface area contributed by atoms with Gasteiger partial charge in [-0.25, -0.2) is 4.98 Å². The van der Waals surface area contributed by atoms with Gasteiger partial charge in [0.25, 0.3) is 0 Å². The molecule has 1 aromatic rings. The van der Waals surface area contributed by atoms with Gasteiger partial charge in [0.2, 0.25) is 5.91 Å². The molecule has 122 valence electrons. The molecule has 2 atom stereocenters. The second-order valence-electron chi connectivity index (χ2n) is 5.70. The summed E-state index contributed by atoms with van der Waals surface area (Å²) in [6.07, 6.45) is 4.89. The van der Waals surface area contributed by atoms with Gasteiger partial charge < -0.3 is 11.1 Å². The van der Waals surface area contributed by atoms with Gasteiger partial charge in [-0.15, -0.1) is 36.2 Å². The Hall–Kier alpha value is -0.360. The first-order chi connectivity index (χ1) is 8.99. The molecule has 1 saturated carbocycles. The van der Waals surface area contributed by atoms with E-state index in [2.05, 4.69) is 15.7 Å². The number of nitrogens with zero attached hydrogens (tertiary/aromatic N) is 1. The third-order valence-corrected chi connectivity index (χ3v) is 4.74. The molecule has 4 nitrogen and oxygen atoms in total. The first-order valence-electron chi connectivity index (χ1n) is 6.96. The van der Waals surface area contributed by atoms with Crippen LogP contribution >= 0.6 is 36.2 Å². The van der Waals surface area contributed by atoms with Crippen molar-refractivity contribution < 1.29 is 4.79 Å². The third-order valence-electron chi connectivity index (χ3n) is 3.92. The number of carbonyl (C=O) groups excluding carboxylic acids is 1. The van der Waals surface area contributed by atoms with Gasteiger partial charge in [0, 0.05) is 23.9 Å². The quantitative estimate of drug-likeness (QED) is 0.874. The maximum absolute atomic E-state index is 12.2. The second-order valence-corrected chi connectivity index (χ2v) is 6.77. The van der Waals surface area contributed by atoms with Gasteiger partial charge in [-0.1, -0.05) is 12.8 Å². The Morgan fingerprint density at radius 3 is 2.81 bits per heavy atom. The average molecular weight is 354 g/mol. The maximum atomic E-state index is 12.2. The summed E-state index contributed by atoms with van der Waals surface area (Å²) >= 11 is 1.65. The van der Waals surface area contributed by atoms with Crippen LogP contribution in [-0.2, 0) is 11.2 Å². The summed E-state index contributed by atoms with van der Waals surface area (Å²) in [7, 11) is 0. The summed E-state index contributed by atoms with van der Waals surface area (Å²) in [5.74, 6) is 0.0649. The van der Waals surface area contributed by atoms with E-state index in [0.717, 1.165) is 42.8 Å². The molecule has 0 bridgehead atoms. The molecular weight excluding hydrogens is 329 g/mol. The van der Waals surface area contributed by atoms with Crippen LogP contribution in [0.1, 0.15) is 43.3 Å². The van der Waals surface area contributed by atoms with Crippen molar-refractivity contribution in [1.82, 2.24) is 10.3 Å². The second kappa shape index (κ2) is 8.93. The lowest BCUT2D eigenvalue weighted by Gasteiger charge is -2.37. The number of aromatic nitrogens is 1. The summed E-state index contributed by atoms with van der Waals surface area (Å²) in [5, 5.41) is 6.13. The summed E-state index contributed by atoms with van der Waals surface area (Å²) in [5.41, 5.74) is 6.95. The van der Waals surface area contributed by atoms with Crippen molar-refractivity contribution in [3.63, 3.8) is 0 Å². The molecule has 1 fully saturated rings. The van der Waals surface area contributed by atoms with Crippen LogP contribution in [0.2, 0.25) is 0 Å². The number of nitrogens with two attached hydrogens (primary N) is 1. The lowest BCUT2D eigenvalue weighted by Crippen LogP contribution is -2.53. The van der Waals surface area contributed by atoms with Gasteiger partial charge >= 0.3 is 0 Å². The number of halogens is 2. The normalized spacial score (nSPS) is 24.6. The zero-order valence-electron chi connectivity index (χ0n) is 12.6. The first-order valence-corrected chi connectivity index (χ1v) is 7.84. The Kier molecular flexibility index (Phi) is 8.78. The van der Waals surface area contributed by atoms with E-state index in [9.17, 15) is 4.79 Å². The maximum Gasteiger partial charge on any atom is 0.224 e. The molecule has 0 saturated heterocycles. The lowest BCUT2D eigenvalue weighted by atomic mass is 9.74. The highest BCUT2D eigenvalue weighted by Gasteiger charge is 2.37. The number of aryl methyl sites for hydroxylation is 1. The molecule has 1 aliphatic rings. The van der Waals surface area contributed by atoms with E-state index in [4.69, 9.17) is 5.73 Å². The minimum absolute atomic E-state index is 0. The van der Waals surface area contributed by atoms with E-state index in [1.165, 1.54) is 0 Å². The van der Waals surface area contributed by atoms with Crippen LogP contribution in [0.5, 0.6) is 0 Å². The van der Waals surface area contributed by atoms with Crippen LogP contribution in [0.3, 0.4) is 0 Å². The van der Waals surface area contributed by atoms with Gasteiger partial charge in [-0.2, -0.15) is 0 Å². The summed E-state index contributed by atoms with van der Waals surface area (Å²) < 4.78 is 0. The van der Waals surface area contributed by atoms with Crippen molar-refractivity contribution >= 4 is 42.1 Å². The predicted molar refractivity (Wildman–Crippen MR) is 92.6 cm³/mol. The SMILES string of the molecule is Cc1nc(CCNC(=O)C2CCCCC2(C)N)cs1.Cl.Cl. The molecule has 0 aliphatic heterocycles. The summed E-state index contributed by atoms with van der Waals surface area (Å²) in [4.78, 5) is 16.6. The van der Waals surface area contributed by atoms with Crippen molar-refractivity contribution in [2.45, 2.75) is 51.5 Å². The van der Waals surface area contributed by atoms with Crippen LogP contribution < -0.4 is 11.1 Å². The fourth-order valence-electron chi connectivity index (χ4n) is 2.75. The standard InChI is InChI=1S/C14H23N3OS.2ClH/c1-10-17-11(9-19-10)6-8-16-13(18)12-5-3-4-7-14(12,2)15;;/h9,12H,3-8,15H2,1-2H3,(H,16,18);2*1H. The summed E-state index contributed by atoms with van der Waals surface area (Å²) in [6, 6.07) is 0. The fourth-order valence-corrected chi connectivity index (χ4v) is 3.40. The number of hydrogen-bond donors (Lipinski definition) is 2. The third kappa shape index (κ3) is 5.74. The molecule has 2 rings (SSSR count). The fraction of sp³-hybridized carbons (Fsp3) is 0.714. The molecule has 1 aliphatic carbocycles. The van der Waals surface area contributed by atoms with Crippen LogP contribution in [-0.4, -0.2) is 23.0 Å². The van der Waals surface area contributed by atoms with E-state index in [1.54, 1.807) is 11.3 Å². The Morgan fingerprint density at radius 2 is 2.24 bits per heavy atom. The smallest absolute Gasteiger partial charge is 0.224 e. The van der Waals surface area contributed by atoms with Crippen molar-refractivity contribution in [3.05, 3.63) is 16.1 Å². The van der Waals surface area contributed by atoms with Gasteiger partial charge in [0.05, 0.1) is 16.6 Å². The molecule has 21 heavy (non-hydrogen) atoms. The van der Waals surface area contributed by atoms with Gasteiger partial charge in [0.1, 0.15) is 0 Å². The van der Waals surface area contributed by atoms with E-state index in [1.807, 2.05) is 13.8 Å². The topological polar surface area (TPSA) is 68.0 Å². The Labute approximate surface area is 143 Å². The molecule has 0 spiro atoms. The Bertz CT molecular complexity index is 451. The van der Waals surface area contributed by atoms with E-state index in [-0.39, 0.29) is 42.2 Å². The minimum atomic E-state index is -0.348.